The predicted molar refractivity (Wildman–Crippen MR) is 79.2 cm³/mol. The van der Waals surface area contributed by atoms with Gasteiger partial charge in [0.05, 0.1) is 6.54 Å². The monoisotopic (exact) mass is 288 g/mol. The van der Waals surface area contributed by atoms with E-state index >= 15 is 0 Å². The molecule has 0 radical (unpaired) electrons. The molecule has 2 heterocycles. The summed E-state index contributed by atoms with van der Waals surface area (Å²) in [6.45, 7) is 8.55. The normalized spacial score (nSPS) is 29.7. The van der Waals surface area contributed by atoms with Gasteiger partial charge in [0.25, 0.3) is 5.92 Å². The van der Waals surface area contributed by atoms with Crippen molar-refractivity contribution in [3.05, 3.63) is 0 Å². The summed E-state index contributed by atoms with van der Waals surface area (Å²) < 4.78 is 28.5. The predicted octanol–water partition coefficient (Wildman–Crippen LogP) is 3.48. The van der Waals surface area contributed by atoms with Crippen molar-refractivity contribution in [1.29, 1.82) is 0 Å². The standard InChI is InChI=1S/C16H30F2N2/c1-3-8-20-11-7-15(16(17,18)13-20)12-19-9-5-14(4-2)6-10-19/h14-15H,3-13H2,1-2H3. The van der Waals surface area contributed by atoms with Crippen LogP contribution in [0, 0.1) is 11.8 Å². The maximum absolute atomic E-state index is 14.3. The molecule has 0 N–H and O–H groups in total. The highest BCUT2D eigenvalue weighted by atomic mass is 19.3. The molecule has 2 aliphatic rings. The molecule has 1 unspecified atom stereocenters. The lowest BCUT2D eigenvalue weighted by atomic mass is 9.89. The van der Waals surface area contributed by atoms with Crippen LogP contribution < -0.4 is 0 Å². The van der Waals surface area contributed by atoms with Crippen LogP contribution in [0.25, 0.3) is 0 Å². The highest BCUT2D eigenvalue weighted by molar-refractivity contribution is 4.89. The van der Waals surface area contributed by atoms with Gasteiger partial charge in [-0.15, -0.1) is 0 Å². The van der Waals surface area contributed by atoms with Crippen molar-refractivity contribution in [2.75, 3.05) is 39.3 Å². The van der Waals surface area contributed by atoms with E-state index in [-0.39, 0.29) is 6.54 Å². The first-order valence-corrected chi connectivity index (χ1v) is 8.37. The van der Waals surface area contributed by atoms with Gasteiger partial charge in [-0.2, -0.15) is 0 Å². The maximum Gasteiger partial charge on any atom is 0.264 e. The molecule has 0 aromatic rings. The van der Waals surface area contributed by atoms with Gasteiger partial charge in [-0.25, -0.2) is 8.78 Å². The van der Waals surface area contributed by atoms with Gasteiger partial charge in [0, 0.05) is 12.5 Å². The fourth-order valence-electron chi connectivity index (χ4n) is 3.68. The molecule has 20 heavy (non-hydrogen) atoms. The van der Waals surface area contributed by atoms with Crippen LogP contribution in [0.15, 0.2) is 0 Å². The van der Waals surface area contributed by atoms with Crippen molar-refractivity contribution in [1.82, 2.24) is 9.80 Å². The summed E-state index contributed by atoms with van der Waals surface area (Å²) in [5.41, 5.74) is 0. The molecule has 0 amide bonds. The molecule has 0 aliphatic carbocycles. The zero-order valence-corrected chi connectivity index (χ0v) is 13.1. The summed E-state index contributed by atoms with van der Waals surface area (Å²) in [5, 5.41) is 0. The van der Waals surface area contributed by atoms with Crippen LogP contribution in [-0.4, -0.2) is 55.0 Å². The van der Waals surface area contributed by atoms with E-state index in [1.165, 1.54) is 19.3 Å². The first kappa shape index (κ1) is 16.2. The average Bonchev–Trinajstić information content (AvgIpc) is 2.42. The van der Waals surface area contributed by atoms with Gasteiger partial charge in [0.2, 0.25) is 0 Å². The van der Waals surface area contributed by atoms with Crippen molar-refractivity contribution >= 4 is 0 Å². The number of hydrogen-bond donors (Lipinski definition) is 0. The van der Waals surface area contributed by atoms with E-state index in [4.69, 9.17) is 0 Å². The number of likely N-dealkylation sites (tertiary alicyclic amines) is 2. The van der Waals surface area contributed by atoms with Gasteiger partial charge in [0.1, 0.15) is 0 Å². The quantitative estimate of drug-likeness (QED) is 0.764. The van der Waals surface area contributed by atoms with Gasteiger partial charge in [0.15, 0.2) is 0 Å². The Bertz CT molecular complexity index is 288. The second kappa shape index (κ2) is 7.17. The van der Waals surface area contributed by atoms with Crippen LogP contribution in [0.4, 0.5) is 8.78 Å². The molecule has 2 rings (SSSR count). The molecular weight excluding hydrogens is 258 g/mol. The van der Waals surface area contributed by atoms with Crippen LogP contribution in [0.2, 0.25) is 0 Å². The van der Waals surface area contributed by atoms with E-state index in [2.05, 4.69) is 18.7 Å². The van der Waals surface area contributed by atoms with Gasteiger partial charge in [-0.3, -0.25) is 4.90 Å². The largest absolute Gasteiger partial charge is 0.303 e. The molecule has 1 atom stereocenters. The minimum absolute atomic E-state index is 0.0308. The van der Waals surface area contributed by atoms with Gasteiger partial charge >= 0.3 is 0 Å². The fraction of sp³-hybridized carbons (Fsp3) is 1.00. The van der Waals surface area contributed by atoms with E-state index in [9.17, 15) is 8.78 Å². The molecule has 4 heteroatoms. The Labute approximate surface area is 122 Å². The van der Waals surface area contributed by atoms with Crippen LogP contribution >= 0.6 is 0 Å². The van der Waals surface area contributed by atoms with Crippen LogP contribution in [-0.2, 0) is 0 Å². The second-order valence-corrected chi connectivity index (χ2v) is 6.68. The van der Waals surface area contributed by atoms with Gasteiger partial charge in [-0.05, 0) is 57.8 Å². The molecule has 0 saturated carbocycles. The minimum Gasteiger partial charge on any atom is -0.303 e. The molecule has 0 aromatic carbocycles. The van der Waals surface area contributed by atoms with E-state index in [1.807, 2.05) is 4.90 Å². The lowest BCUT2D eigenvalue weighted by molar-refractivity contribution is -0.119. The molecular formula is C16H30F2N2. The summed E-state index contributed by atoms with van der Waals surface area (Å²) in [5.74, 6) is -2.12. The average molecular weight is 288 g/mol. The number of nitrogens with zero attached hydrogens (tertiary/aromatic N) is 2. The van der Waals surface area contributed by atoms with Gasteiger partial charge in [-0.1, -0.05) is 20.3 Å². The third-order valence-electron chi connectivity index (χ3n) is 5.13. The Morgan fingerprint density at radius 3 is 2.20 bits per heavy atom. The Kier molecular flexibility index (Phi) is 5.79. The van der Waals surface area contributed by atoms with Gasteiger partial charge < -0.3 is 4.90 Å². The topological polar surface area (TPSA) is 6.48 Å². The lowest BCUT2D eigenvalue weighted by Crippen LogP contribution is -2.52. The number of rotatable bonds is 5. The Hall–Kier alpha value is -0.220. The van der Waals surface area contributed by atoms with Crippen molar-refractivity contribution in [3.63, 3.8) is 0 Å². The fourth-order valence-corrected chi connectivity index (χ4v) is 3.68. The third kappa shape index (κ3) is 4.14. The summed E-state index contributed by atoms with van der Waals surface area (Å²) in [6.07, 6.45) is 5.24. The smallest absolute Gasteiger partial charge is 0.264 e. The summed E-state index contributed by atoms with van der Waals surface area (Å²) in [7, 11) is 0. The van der Waals surface area contributed by atoms with Crippen LogP contribution in [0.3, 0.4) is 0 Å². The molecule has 118 valence electrons. The van der Waals surface area contributed by atoms with Crippen molar-refractivity contribution in [2.45, 2.75) is 51.9 Å². The molecule has 2 saturated heterocycles. The molecule has 0 aromatic heterocycles. The highest BCUT2D eigenvalue weighted by Crippen LogP contribution is 2.34. The molecule has 2 nitrogen and oxygen atoms in total. The highest BCUT2D eigenvalue weighted by Gasteiger charge is 2.44. The number of piperidine rings is 2. The first-order valence-electron chi connectivity index (χ1n) is 8.37. The van der Waals surface area contributed by atoms with Crippen LogP contribution in [0.1, 0.15) is 46.0 Å². The van der Waals surface area contributed by atoms with Crippen molar-refractivity contribution < 1.29 is 8.78 Å². The molecule has 0 spiro atoms. The van der Waals surface area contributed by atoms with Crippen molar-refractivity contribution in [3.8, 4) is 0 Å². The van der Waals surface area contributed by atoms with E-state index in [0.717, 1.165) is 38.5 Å². The zero-order chi connectivity index (χ0) is 14.6. The lowest BCUT2D eigenvalue weighted by Gasteiger charge is -2.41. The third-order valence-corrected chi connectivity index (χ3v) is 5.13. The summed E-state index contributed by atoms with van der Waals surface area (Å²) in [6, 6.07) is 0. The maximum atomic E-state index is 14.3. The Morgan fingerprint density at radius 1 is 1.00 bits per heavy atom. The number of halogens is 2. The van der Waals surface area contributed by atoms with E-state index < -0.39 is 11.8 Å². The van der Waals surface area contributed by atoms with Crippen molar-refractivity contribution in [2.24, 2.45) is 11.8 Å². The van der Waals surface area contributed by atoms with E-state index in [1.54, 1.807) is 0 Å². The number of alkyl halides is 2. The molecule has 0 bridgehead atoms. The minimum atomic E-state index is -2.50. The zero-order valence-electron chi connectivity index (χ0n) is 13.1. The Balaban J connectivity index is 1.81. The Morgan fingerprint density at radius 2 is 1.65 bits per heavy atom. The molecule has 2 fully saturated rings. The number of hydrogen-bond acceptors (Lipinski definition) is 2. The SMILES string of the molecule is CCCN1CCC(CN2CCC(CC)CC2)C(F)(F)C1. The second-order valence-electron chi connectivity index (χ2n) is 6.68. The van der Waals surface area contributed by atoms with Crippen LogP contribution in [0.5, 0.6) is 0 Å². The summed E-state index contributed by atoms with van der Waals surface area (Å²) in [4.78, 5) is 4.21. The summed E-state index contributed by atoms with van der Waals surface area (Å²) >= 11 is 0. The van der Waals surface area contributed by atoms with E-state index in [0.29, 0.717) is 13.0 Å². The first-order chi connectivity index (χ1) is 9.55. The molecule has 2 aliphatic heterocycles.